The number of aromatic nitrogens is 2. The number of rotatable bonds is 6. The van der Waals surface area contributed by atoms with E-state index in [1.807, 2.05) is 18.4 Å². The van der Waals surface area contributed by atoms with Crippen molar-refractivity contribution in [2.24, 2.45) is 0 Å². The van der Waals surface area contributed by atoms with Gasteiger partial charge in [0.2, 0.25) is 0 Å². The molecule has 0 aliphatic heterocycles. The Morgan fingerprint density at radius 1 is 1.45 bits per heavy atom. The molecule has 110 valence electrons. The van der Waals surface area contributed by atoms with Crippen LogP contribution in [0, 0.1) is 6.92 Å². The van der Waals surface area contributed by atoms with Crippen LogP contribution in [0.4, 0.5) is 0 Å². The first-order valence-corrected chi connectivity index (χ1v) is 8.74. The molecular formula is C15H22BrN3S. The lowest BCUT2D eigenvalue weighted by molar-refractivity contribution is 0.543. The van der Waals surface area contributed by atoms with Crippen LogP contribution in [0.5, 0.6) is 0 Å². The third-order valence-electron chi connectivity index (χ3n) is 3.66. The maximum Gasteiger partial charge on any atom is 0.0766 e. The zero-order chi connectivity index (χ0) is 14.7. The van der Waals surface area contributed by atoms with Crippen molar-refractivity contribution < 1.29 is 0 Å². The van der Waals surface area contributed by atoms with E-state index in [1.54, 1.807) is 0 Å². The average Bonchev–Trinajstić information content (AvgIpc) is 3.00. The van der Waals surface area contributed by atoms with Gasteiger partial charge < -0.3 is 5.32 Å². The standard InChI is InChI=1S/C15H22BrN3S/c1-5-11-14(16)13(19(6-2)18-11)9-12(17-4)15-10(3)7-8-20-15/h7-8,12,17H,5-6,9H2,1-4H3. The van der Waals surface area contributed by atoms with Crippen LogP contribution in [0.15, 0.2) is 15.9 Å². The molecule has 0 amide bonds. The molecule has 0 radical (unpaired) electrons. The summed E-state index contributed by atoms with van der Waals surface area (Å²) in [7, 11) is 2.03. The van der Waals surface area contributed by atoms with Gasteiger partial charge in [0.25, 0.3) is 0 Å². The third-order valence-corrected chi connectivity index (χ3v) is 5.71. The molecule has 2 aromatic rings. The first-order chi connectivity index (χ1) is 9.62. The molecule has 1 unspecified atom stereocenters. The highest BCUT2D eigenvalue weighted by Gasteiger charge is 2.20. The van der Waals surface area contributed by atoms with Gasteiger partial charge in [-0.3, -0.25) is 4.68 Å². The number of hydrogen-bond acceptors (Lipinski definition) is 3. The van der Waals surface area contributed by atoms with Gasteiger partial charge in [-0.2, -0.15) is 5.10 Å². The van der Waals surface area contributed by atoms with E-state index in [1.165, 1.54) is 20.6 Å². The number of hydrogen-bond donors (Lipinski definition) is 1. The Bertz CT molecular complexity index is 574. The second kappa shape index (κ2) is 6.87. The smallest absolute Gasteiger partial charge is 0.0766 e. The van der Waals surface area contributed by atoms with E-state index in [2.05, 4.69) is 63.2 Å². The number of nitrogens with one attached hydrogen (secondary N) is 1. The SMILES string of the molecule is CCc1nn(CC)c(CC(NC)c2sccc2C)c1Br. The quantitative estimate of drug-likeness (QED) is 0.845. The number of likely N-dealkylation sites (N-methyl/N-ethyl adjacent to an activating group) is 1. The van der Waals surface area contributed by atoms with E-state index in [4.69, 9.17) is 0 Å². The first kappa shape index (κ1) is 15.7. The Morgan fingerprint density at radius 2 is 2.20 bits per heavy atom. The fraction of sp³-hybridized carbons (Fsp3) is 0.533. The van der Waals surface area contributed by atoms with Crippen LogP contribution in [0.3, 0.4) is 0 Å². The molecule has 1 N–H and O–H groups in total. The Balaban J connectivity index is 2.32. The van der Waals surface area contributed by atoms with Crippen molar-refractivity contribution in [3.05, 3.63) is 37.7 Å². The molecule has 3 nitrogen and oxygen atoms in total. The third kappa shape index (κ3) is 3.00. The van der Waals surface area contributed by atoms with E-state index in [0.29, 0.717) is 6.04 Å². The minimum absolute atomic E-state index is 0.345. The lowest BCUT2D eigenvalue weighted by Gasteiger charge is -2.17. The monoisotopic (exact) mass is 355 g/mol. The molecule has 0 aromatic carbocycles. The fourth-order valence-corrected chi connectivity index (χ4v) is 4.24. The van der Waals surface area contributed by atoms with Gasteiger partial charge in [-0.15, -0.1) is 11.3 Å². The average molecular weight is 356 g/mol. The molecule has 2 heterocycles. The van der Waals surface area contributed by atoms with Gasteiger partial charge in [0.15, 0.2) is 0 Å². The van der Waals surface area contributed by atoms with Crippen LogP contribution in [0.1, 0.15) is 41.7 Å². The molecule has 2 aromatic heterocycles. The van der Waals surface area contributed by atoms with Gasteiger partial charge in [0, 0.05) is 23.9 Å². The van der Waals surface area contributed by atoms with Crippen LogP contribution in [-0.2, 0) is 19.4 Å². The first-order valence-electron chi connectivity index (χ1n) is 7.07. The number of nitrogens with zero attached hydrogens (tertiary/aromatic N) is 2. The predicted octanol–water partition coefficient (Wildman–Crippen LogP) is 4.10. The van der Waals surface area contributed by atoms with Crippen molar-refractivity contribution in [3.63, 3.8) is 0 Å². The normalized spacial score (nSPS) is 12.8. The topological polar surface area (TPSA) is 29.9 Å². The highest BCUT2D eigenvalue weighted by Crippen LogP contribution is 2.30. The molecule has 1 atom stereocenters. The van der Waals surface area contributed by atoms with Crippen molar-refractivity contribution in [1.82, 2.24) is 15.1 Å². The Morgan fingerprint density at radius 3 is 2.70 bits per heavy atom. The predicted molar refractivity (Wildman–Crippen MR) is 89.5 cm³/mol. The van der Waals surface area contributed by atoms with Gasteiger partial charge in [-0.1, -0.05) is 6.92 Å². The molecule has 20 heavy (non-hydrogen) atoms. The number of thiophene rings is 1. The molecule has 2 rings (SSSR count). The minimum Gasteiger partial charge on any atom is -0.312 e. The highest BCUT2D eigenvalue weighted by atomic mass is 79.9. The van der Waals surface area contributed by atoms with Crippen molar-refractivity contribution in [1.29, 1.82) is 0 Å². The summed E-state index contributed by atoms with van der Waals surface area (Å²) in [6.07, 6.45) is 1.92. The largest absolute Gasteiger partial charge is 0.312 e. The van der Waals surface area contributed by atoms with Gasteiger partial charge in [-0.25, -0.2) is 0 Å². The van der Waals surface area contributed by atoms with Gasteiger partial charge in [0.05, 0.1) is 15.9 Å². The molecule has 0 aliphatic rings. The van der Waals surface area contributed by atoms with Crippen LogP contribution >= 0.6 is 27.3 Å². The summed E-state index contributed by atoms with van der Waals surface area (Å²) in [5.74, 6) is 0. The lowest BCUT2D eigenvalue weighted by atomic mass is 10.1. The van der Waals surface area contributed by atoms with Crippen molar-refractivity contribution >= 4 is 27.3 Å². The van der Waals surface area contributed by atoms with Crippen LogP contribution in [-0.4, -0.2) is 16.8 Å². The van der Waals surface area contributed by atoms with Crippen LogP contribution in [0.25, 0.3) is 0 Å². The van der Waals surface area contributed by atoms with E-state index in [-0.39, 0.29) is 0 Å². The summed E-state index contributed by atoms with van der Waals surface area (Å²) in [5.41, 5.74) is 3.81. The maximum atomic E-state index is 4.68. The summed E-state index contributed by atoms with van der Waals surface area (Å²) in [4.78, 5) is 1.42. The summed E-state index contributed by atoms with van der Waals surface area (Å²) >= 11 is 5.56. The molecule has 0 bridgehead atoms. The van der Waals surface area contributed by atoms with Gasteiger partial charge in [-0.05, 0) is 60.3 Å². The lowest BCUT2D eigenvalue weighted by Crippen LogP contribution is -2.20. The Kier molecular flexibility index (Phi) is 5.41. The molecule has 0 spiro atoms. The van der Waals surface area contributed by atoms with E-state index < -0.39 is 0 Å². The maximum absolute atomic E-state index is 4.68. The zero-order valence-corrected chi connectivity index (χ0v) is 14.9. The number of aryl methyl sites for hydroxylation is 3. The van der Waals surface area contributed by atoms with Crippen molar-refractivity contribution in [2.45, 2.75) is 46.2 Å². The van der Waals surface area contributed by atoms with Gasteiger partial charge >= 0.3 is 0 Å². The summed E-state index contributed by atoms with van der Waals surface area (Å²) in [6.45, 7) is 7.39. The molecular weight excluding hydrogens is 334 g/mol. The van der Waals surface area contributed by atoms with Gasteiger partial charge in [0.1, 0.15) is 0 Å². The molecule has 0 fully saturated rings. The molecule has 0 aliphatic carbocycles. The summed E-state index contributed by atoms with van der Waals surface area (Å²) in [6, 6.07) is 2.53. The number of halogens is 1. The van der Waals surface area contributed by atoms with E-state index >= 15 is 0 Å². The fourth-order valence-electron chi connectivity index (χ4n) is 2.47. The van der Waals surface area contributed by atoms with Crippen molar-refractivity contribution in [3.8, 4) is 0 Å². The Hall–Kier alpha value is -0.650. The zero-order valence-electron chi connectivity index (χ0n) is 12.5. The second-order valence-electron chi connectivity index (χ2n) is 4.89. The Labute approximate surface area is 133 Å². The molecule has 5 heteroatoms. The van der Waals surface area contributed by atoms with Crippen LogP contribution in [0.2, 0.25) is 0 Å². The highest BCUT2D eigenvalue weighted by molar-refractivity contribution is 9.10. The van der Waals surface area contributed by atoms with Crippen molar-refractivity contribution in [2.75, 3.05) is 7.05 Å². The summed E-state index contributed by atoms with van der Waals surface area (Å²) < 4.78 is 3.30. The van der Waals surface area contributed by atoms with E-state index in [0.717, 1.165) is 25.1 Å². The second-order valence-corrected chi connectivity index (χ2v) is 6.63. The van der Waals surface area contributed by atoms with Crippen LogP contribution < -0.4 is 5.32 Å². The van der Waals surface area contributed by atoms with E-state index in [9.17, 15) is 0 Å². The molecule has 0 saturated heterocycles. The summed E-state index contributed by atoms with van der Waals surface area (Å²) in [5, 5.41) is 10.3. The minimum atomic E-state index is 0.345. The molecule has 0 saturated carbocycles.